The first-order chi connectivity index (χ1) is 16.0. The number of ether oxygens (including phenoxy) is 2. The number of halogens is 1. The summed E-state index contributed by atoms with van der Waals surface area (Å²) in [6.07, 6.45) is 3.51. The van der Waals surface area contributed by atoms with Gasteiger partial charge >= 0.3 is 6.09 Å². The van der Waals surface area contributed by atoms with Crippen LogP contribution >= 0.6 is 0 Å². The summed E-state index contributed by atoms with van der Waals surface area (Å²) in [4.78, 5) is 14.1. The van der Waals surface area contributed by atoms with Gasteiger partial charge in [0.25, 0.3) is 10.2 Å². The largest absolute Gasteiger partial charge is 0.447 e. The molecule has 192 valence electrons. The molecule has 2 atom stereocenters. The van der Waals surface area contributed by atoms with Crippen molar-refractivity contribution in [2.75, 3.05) is 33.8 Å². The van der Waals surface area contributed by atoms with E-state index in [1.807, 2.05) is 6.07 Å². The number of piperidine rings is 1. The number of hydrogen-bond donors (Lipinski definition) is 1. The van der Waals surface area contributed by atoms with Crippen molar-refractivity contribution < 1.29 is 27.1 Å². The summed E-state index contributed by atoms with van der Waals surface area (Å²) in [7, 11) is -0.637. The van der Waals surface area contributed by atoms with E-state index >= 15 is 0 Å². The number of carbonyl (C=O) groups excluding carboxylic acids is 1. The van der Waals surface area contributed by atoms with Crippen LogP contribution in [-0.4, -0.2) is 75.8 Å². The second-order valence-electron chi connectivity index (χ2n) is 9.80. The maximum Gasteiger partial charge on any atom is 0.410 e. The number of hydrogen-bond acceptors (Lipinski definition) is 5. The molecule has 2 unspecified atom stereocenters. The predicted molar refractivity (Wildman–Crippen MR) is 128 cm³/mol. The SMILES string of the molecule is CC(C)OC(=O)N1CCC(NS(=O)(=O)N(C)C)C(COC2CCC(c3cccc(F)c3)CC2)C1. The molecule has 1 aromatic carbocycles. The van der Waals surface area contributed by atoms with Crippen LogP contribution in [0.1, 0.15) is 57.4 Å². The molecule has 1 saturated heterocycles. The van der Waals surface area contributed by atoms with Crippen molar-refractivity contribution >= 4 is 16.3 Å². The zero-order chi connectivity index (χ0) is 24.9. The molecule has 1 heterocycles. The third kappa shape index (κ3) is 7.37. The normalized spacial score (nSPS) is 26.1. The van der Waals surface area contributed by atoms with Crippen molar-refractivity contribution in [2.45, 2.75) is 70.1 Å². The van der Waals surface area contributed by atoms with Crippen LogP contribution in [0.5, 0.6) is 0 Å². The van der Waals surface area contributed by atoms with Crippen LogP contribution in [0.4, 0.5) is 9.18 Å². The fourth-order valence-electron chi connectivity index (χ4n) is 4.68. The molecule has 0 spiro atoms. The Labute approximate surface area is 203 Å². The highest BCUT2D eigenvalue weighted by atomic mass is 32.2. The van der Waals surface area contributed by atoms with Crippen LogP contribution in [0, 0.1) is 11.7 Å². The minimum Gasteiger partial charge on any atom is -0.447 e. The van der Waals surface area contributed by atoms with Gasteiger partial charge in [-0.05, 0) is 69.6 Å². The van der Waals surface area contributed by atoms with Crippen molar-refractivity contribution in [3.63, 3.8) is 0 Å². The average Bonchev–Trinajstić information content (AvgIpc) is 2.78. The molecule has 2 fully saturated rings. The number of benzene rings is 1. The van der Waals surface area contributed by atoms with E-state index in [0.717, 1.165) is 35.6 Å². The Morgan fingerprint density at radius 1 is 1.21 bits per heavy atom. The molecule has 3 rings (SSSR count). The lowest BCUT2D eigenvalue weighted by Gasteiger charge is -2.39. The summed E-state index contributed by atoms with van der Waals surface area (Å²) in [6, 6.07) is 6.47. The van der Waals surface area contributed by atoms with Gasteiger partial charge in [-0.2, -0.15) is 17.4 Å². The Morgan fingerprint density at radius 2 is 1.91 bits per heavy atom. The quantitative estimate of drug-likeness (QED) is 0.592. The standard InChI is InChI=1S/C24H38FN3O5S/c1-17(2)33-24(29)28-13-12-23(26-34(30,31)27(3)4)20(15-28)16-32-22-10-8-18(9-11-22)19-6-5-7-21(25)14-19/h5-7,14,17-18,20,22-23,26H,8-13,15-16H2,1-4H3. The predicted octanol–water partition coefficient (Wildman–Crippen LogP) is 3.50. The lowest BCUT2D eigenvalue weighted by Crippen LogP contribution is -2.55. The summed E-state index contributed by atoms with van der Waals surface area (Å²) in [5.74, 6) is -0.0738. The molecule has 34 heavy (non-hydrogen) atoms. The van der Waals surface area contributed by atoms with Gasteiger partial charge in [0.1, 0.15) is 5.82 Å². The number of amides is 1. The Morgan fingerprint density at radius 3 is 2.53 bits per heavy atom. The van der Waals surface area contributed by atoms with Crippen molar-refractivity contribution in [3.8, 4) is 0 Å². The maximum atomic E-state index is 13.6. The summed E-state index contributed by atoms with van der Waals surface area (Å²) >= 11 is 0. The van der Waals surface area contributed by atoms with Crippen LogP contribution in [0.3, 0.4) is 0 Å². The Bertz CT molecular complexity index is 919. The van der Waals surface area contributed by atoms with E-state index in [0.29, 0.717) is 32.0 Å². The second-order valence-corrected chi connectivity index (χ2v) is 11.7. The smallest absolute Gasteiger partial charge is 0.410 e. The minimum absolute atomic E-state index is 0.0638. The highest BCUT2D eigenvalue weighted by molar-refractivity contribution is 7.87. The third-order valence-corrected chi connectivity index (χ3v) is 8.21. The van der Waals surface area contributed by atoms with Crippen molar-refractivity contribution in [3.05, 3.63) is 35.6 Å². The lowest BCUT2D eigenvalue weighted by molar-refractivity contribution is -0.0184. The first kappa shape index (κ1) is 26.8. The Hall–Kier alpha value is -1.75. The van der Waals surface area contributed by atoms with Gasteiger partial charge in [-0.3, -0.25) is 0 Å². The highest BCUT2D eigenvalue weighted by Crippen LogP contribution is 2.34. The summed E-state index contributed by atoms with van der Waals surface area (Å²) in [6.45, 7) is 4.74. The number of likely N-dealkylation sites (tertiary alicyclic amines) is 1. The second kappa shape index (κ2) is 11.8. The van der Waals surface area contributed by atoms with Crippen LogP contribution in [-0.2, 0) is 19.7 Å². The summed E-state index contributed by atoms with van der Waals surface area (Å²) < 4.78 is 54.0. The molecule has 0 aromatic heterocycles. The molecule has 10 heteroatoms. The number of rotatable bonds is 8. The Balaban J connectivity index is 1.59. The zero-order valence-corrected chi connectivity index (χ0v) is 21.4. The molecular formula is C24H38FN3O5S. The van der Waals surface area contributed by atoms with Crippen molar-refractivity contribution in [2.24, 2.45) is 5.92 Å². The molecule has 8 nitrogen and oxygen atoms in total. The maximum absolute atomic E-state index is 13.6. The van der Waals surface area contributed by atoms with Crippen LogP contribution < -0.4 is 4.72 Å². The van der Waals surface area contributed by atoms with Gasteiger partial charge in [0.2, 0.25) is 0 Å². The van der Waals surface area contributed by atoms with Gasteiger partial charge in [-0.1, -0.05) is 12.1 Å². The topological polar surface area (TPSA) is 88.2 Å². The van der Waals surface area contributed by atoms with E-state index < -0.39 is 10.2 Å². The Kier molecular flexibility index (Phi) is 9.31. The molecule has 0 radical (unpaired) electrons. The fourth-order valence-corrected chi connectivity index (χ4v) is 5.58. The van der Waals surface area contributed by atoms with Crippen LogP contribution in [0.2, 0.25) is 0 Å². The fraction of sp³-hybridized carbons (Fsp3) is 0.708. The number of nitrogens with one attached hydrogen (secondary N) is 1. The van der Waals surface area contributed by atoms with Crippen LogP contribution in [0.25, 0.3) is 0 Å². The summed E-state index contributed by atoms with van der Waals surface area (Å²) in [5, 5.41) is 0. The number of carbonyl (C=O) groups is 1. The van der Waals surface area contributed by atoms with E-state index in [1.165, 1.54) is 20.2 Å². The molecule has 1 aromatic rings. The van der Waals surface area contributed by atoms with Gasteiger partial charge in [0, 0.05) is 39.1 Å². The average molecular weight is 500 g/mol. The molecule has 2 aliphatic rings. The molecule has 1 N–H and O–H groups in total. The summed E-state index contributed by atoms with van der Waals surface area (Å²) in [5.41, 5.74) is 1.03. The van der Waals surface area contributed by atoms with E-state index in [1.54, 1.807) is 30.9 Å². The van der Waals surface area contributed by atoms with E-state index in [2.05, 4.69) is 4.72 Å². The van der Waals surface area contributed by atoms with Gasteiger partial charge in [0.15, 0.2) is 0 Å². The van der Waals surface area contributed by atoms with Gasteiger partial charge in [0.05, 0.1) is 18.8 Å². The zero-order valence-electron chi connectivity index (χ0n) is 20.6. The van der Waals surface area contributed by atoms with Gasteiger partial charge in [-0.15, -0.1) is 0 Å². The third-order valence-electron chi connectivity index (χ3n) is 6.65. The van der Waals surface area contributed by atoms with Gasteiger partial charge < -0.3 is 14.4 Å². The van der Waals surface area contributed by atoms with Crippen LogP contribution in [0.15, 0.2) is 24.3 Å². The molecule has 1 saturated carbocycles. The van der Waals surface area contributed by atoms with E-state index in [-0.39, 0.29) is 36.1 Å². The molecule has 0 bridgehead atoms. The van der Waals surface area contributed by atoms with Gasteiger partial charge in [-0.25, -0.2) is 9.18 Å². The lowest BCUT2D eigenvalue weighted by atomic mass is 9.82. The van der Waals surface area contributed by atoms with Crippen molar-refractivity contribution in [1.29, 1.82) is 0 Å². The number of nitrogens with zero attached hydrogens (tertiary/aromatic N) is 2. The van der Waals surface area contributed by atoms with E-state index in [9.17, 15) is 17.6 Å². The first-order valence-electron chi connectivity index (χ1n) is 12.1. The molecule has 1 amide bonds. The molecular weight excluding hydrogens is 461 g/mol. The minimum atomic E-state index is -3.61. The highest BCUT2D eigenvalue weighted by Gasteiger charge is 2.36. The molecule has 1 aliphatic carbocycles. The first-order valence-corrected chi connectivity index (χ1v) is 13.5. The van der Waals surface area contributed by atoms with E-state index in [4.69, 9.17) is 9.47 Å². The molecule has 1 aliphatic heterocycles. The van der Waals surface area contributed by atoms with Crippen molar-refractivity contribution in [1.82, 2.24) is 13.9 Å². The monoisotopic (exact) mass is 499 g/mol.